The van der Waals surface area contributed by atoms with Crippen LogP contribution in [0.15, 0.2) is 48.5 Å². The molecule has 1 aromatic heterocycles. The molecule has 142 valence electrons. The molecule has 0 atom stereocenters. The van der Waals surface area contributed by atoms with E-state index in [1.807, 2.05) is 0 Å². The van der Waals surface area contributed by atoms with Gasteiger partial charge in [-0.3, -0.25) is 0 Å². The lowest BCUT2D eigenvalue weighted by Gasteiger charge is -2.15. The van der Waals surface area contributed by atoms with Crippen molar-refractivity contribution in [2.45, 2.75) is 12.5 Å². The molecule has 0 aliphatic heterocycles. The van der Waals surface area contributed by atoms with Crippen LogP contribution in [0, 0.1) is 0 Å². The standard InChI is InChI=1S/C17H9ClF6N2O/c18-12-3-1-2-11-13(8-14(16(19,20)21)26-15(11)12)25-9-4-6-10(7-5-9)27-17(22,23)24/h1-8H,(H,25,26). The number of anilines is 2. The molecule has 0 spiro atoms. The van der Waals surface area contributed by atoms with Crippen molar-refractivity contribution in [3.05, 3.63) is 59.2 Å². The highest BCUT2D eigenvalue weighted by Crippen LogP contribution is 2.36. The molecular weight excluding hydrogens is 398 g/mol. The Balaban J connectivity index is 2.00. The number of nitrogens with one attached hydrogen (secondary N) is 1. The van der Waals surface area contributed by atoms with E-state index in [0.29, 0.717) is 5.39 Å². The molecule has 0 fully saturated rings. The predicted molar refractivity (Wildman–Crippen MR) is 88.2 cm³/mol. The maximum atomic E-state index is 13.1. The second kappa shape index (κ2) is 6.80. The molecule has 0 saturated heterocycles. The molecular formula is C17H9ClF6N2O. The van der Waals surface area contributed by atoms with Crippen LogP contribution < -0.4 is 10.1 Å². The van der Waals surface area contributed by atoms with Gasteiger partial charge in [-0.05, 0) is 36.4 Å². The fraction of sp³-hybridized carbons (Fsp3) is 0.118. The number of benzene rings is 2. The minimum absolute atomic E-state index is 0.0376. The molecule has 0 radical (unpaired) electrons. The fourth-order valence-corrected chi connectivity index (χ4v) is 2.57. The highest BCUT2D eigenvalue weighted by Gasteiger charge is 2.34. The van der Waals surface area contributed by atoms with Gasteiger partial charge in [0.25, 0.3) is 0 Å². The van der Waals surface area contributed by atoms with E-state index < -0.39 is 24.0 Å². The Kier molecular flexibility index (Phi) is 4.81. The summed E-state index contributed by atoms with van der Waals surface area (Å²) in [6, 6.07) is 9.84. The maximum Gasteiger partial charge on any atom is 0.573 e. The third-order valence-corrected chi connectivity index (χ3v) is 3.75. The molecule has 2 aromatic carbocycles. The maximum absolute atomic E-state index is 13.1. The Labute approximate surface area is 153 Å². The van der Waals surface area contributed by atoms with Gasteiger partial charge in [-0.2, -0.15) is 13.2 Å². The lowest BCUT2D eigenvalue weighted by Crippen LogP contribution is -2.16. The topological polar surface area (TPSA) is 34.1 Å². The minimum Gasteiger partial charge on any atom is -0.406 e. The fourth-order valence-electron chi connectivity index (χ4n) is 2.36. The number of nitrogens with zero attached hydrogens (tertiary/aromatic N) is 1. The van der Waals surface area contributed by atoms with Crippen molar-refractivity contribution in [1.82, 2.24) is 4.98 Å². The number of pyridine rings is 1. The summed E-state index contributed by atoms with van der Waals surface area (Å²) in [6.07, 6.45) is -9.54. The van der Waals surface area contributed by atoms with Crippen LogP contribution in [0.1, 0.15) is 5.69 Å². The highest BCUT2D eigenvalue weighted by atomic mass is 35.5. The monoisotopic (exact) mass is 406 g/mol. The largest absolute Gasteiger partial charge is 0.573 e. The number of para-hydroxylation sites is 1. The molecule has 3 nitrogen and oxygen atoms in total. The lowest BCUT2D eigenvalue weighted by molar-refractivity contribution is -0.274. The third-order valence-electron chi connectivity index (χ3n) is 3.45. The molecule has 0 saturated carbocycles. The molecule has 3 rings (SSSR count). The molecule has 0 aliphatic rings. The van der Waals surface area contributed by atoms with Crippen molar-refractivity contribution in [2.24, 2.45) is 0 Å². The lowest BCUT2D eigenvalue weighted by atomic mass is 10.1. The van der Waals surface area contributed by atoms with Crippen molar-refractivity contribution < 1.29 is 31.1 Å². The quantitative estimate of drug-likeness (QED) is 0.501. The third kappa shape index (κ3) is 4.54. The molecule has 0 aliphatic carbocycles. The molecule has 1 N–H and O–H groups in total. The van der Waals surface area contributed by atoms with Gasteiger partial charge in [-0.1, -0.05) is 23.7 Å². The molecule has 0 bridgehead atoms. The van der Waals surface area contributed by atoms with Gasteiger partial charge in [-0.25, -0.2) is 4.98 Å². The van der Waals surface area contributed by atoms with E-state index >= 15 is 0 Å². The van der Waals surface area contributed by atoms with Gasteiger partial charge in [0.1, 0.15) is 11.4 Å². The van der Waals surface area contributed by atoms with E-state index in [1.54, 1.807) is 6.07 Å². The van der Waals surface area contributed by atoms with Crippen molar-refractivity contribution in [1.29, 1.82) is 0 Å². The second-order valence-corrected chi connectivity index (χ2v) is 5.79. The zero-order valence-corrected chi connectivity index (χ0v) is 13.9. The predicted octanol–water partition coefficient (Wildman–Crippen LogP) is 6.55. The van der Waals surface area contributed by atoms with Crippen molar-refractivity contribution in [2.75, 3.05) is 5.32 Å². The van der Waals surface area contributed by atoms with E-state index in [0.717, 1.165) is 18.2 Å². The number of aromatic nitrogens is 1. The van der Waals surface area contributed by atoms with E-state index in [-0.39, 0.29) is 21.9 Å². The first-order valence-corrected chi connectivity index (χ1v) is 7.70. The first-order chi connectivity index (χ1) is 12.5. The van der Waals surface area contributed by atoms with Crippen molar-refractivity contribution >= 4 is 33.9 Å². The Morgan fingerprint density at radius 3 is 2.19 bits per heavy atom. The molecule has 3 aromatic rings. The summed E-state index contributed by atoms with van der Waals surface area (Å²) in [5, 5.41) is 3.10. The van der Waals surface area contributed by atoms with Gasteiger partial charge in [-0.15, -0.1) is 13.2 Å². The summed E-state index contributed by atoms with van der Waals surface area (Å²) in [4.78, 5) is 3.56. The zero-order chi connectivity index (χ0) is 19.8. The number of hydrogen-bond donors (Lipinski definition) is 1. The Hall–Kier alpha value is -2.68. The zero-order valence-electron chi connectivity index (χ0n) is 13.1. The number of halogens is 7. The van der Waals surface area contributed by atoms with E-state index in [4.69, 9.17) is 11.6 Å². The first kappa shape index (κ1) is 19.1. The number of alkyl halides is 6. The van der Waals surface area contributed by atoms with Gasteiger partial charge in [0, 0.05) is 11.1 Å². The van der Waals surface area contributed by atoms with E-state index in [1.165, 1.54) is 24.3 Å². The summed E-state index contributed by atoms with van der Waals surface area (Å²) in [6.45, 7) is 0. The number of hydrogen-bond acceptors (Lipinski definition) is 3. The molecule has 0 amide bonds. The van der Waals surface area contributed by atoms with Gasteiger partial charge < -0.3 is 10.1 Å². The van der Waals surface area contributed by atoms with Crippen molar-refractivity contribution in [3.8, 4) is 5.75 Å². The van der Waals surface area contributed by atoms with Crippen LogP contribution in [0.25, 0.3) is 10.9 Å². The van der Waals surface area contributed by atoms with Crippen LogP contribution in [0.2, 0.25) is 5.02 Å². The first-order valence-electron chi connectivity index (χ1n) is 7.32. The van der Waals surface area contributed by atoms with Gasteiger partial charge in [0.05, 0.1) is 16.2 Å². The number of fused-ring (bicyclic) bond motifs is 1. The van der Waals surface area contributed by atoms with Crippen LogP contribution in [-0.4, -0.2) is 11.3 Å². The molecule has 10 heteroatoms. The average molecular weight is 407 g/mol. The number of ether oxygens (including phenoxy) is 1. The Morgan fingerprint density at radius 2 is 1.59 bits per heavy atom. The van der Waals surface area contributed by atoms with Gasteiger partial charge in [0.15, 0.2) is 0 Å². The van der Waals surface area contributed by atoms with Crippen LogP contribution in [-0.2, 0) is 6.18 Å². The molecule has 27 heavy (non-hydrogen) atoms. The van der Waals surface area contributed by atoms with Gasteiger partial charge in [0.2, 0.25) is 0 Å². The summed E-state index contributed by atoms with van der Waals surface area (Å²) in [5.41, 5.74) is -0.888. The second-order valence-electron chi connectivity index (χ2n) is 5.39. The van der Waals surface area contributed by atoms with Crippen LogP contribution in [0.4, 0.5) is 37.7 Å². The van der Waals surface area contributed by atoms with Crippen LogP contribution >= 0.6 is 11.6 Å². The SMILES string of the molecule is FC(F)(F)Oc1ccc(Nc2cc(C(F)(F)F)nc3c(Cl)cccc23)cc1. The summed E-state index contributed by atoms with van der Waals surface area (Å²) in [7, 11) is 0. The van der Waals surface area contributed by atoms with E-state index in [2.05, 4.69) is 15.0 Å². The van der Waals surface area contributed by atoms with E-state index in [9.17, 15) is 26.3 Å². The average Bonchev–Trinajstić information content (AvgIpc) is 2.55. The van der Waals surface area contributed by atoms with Crippen LogP contribution in [0.5, 0.6) is 5.75 Å². The summed E-state index contributed by atoms with van der Waals surface area (Å²) < 4.78 is 79.7. The highest BCUT2D eigenvalue weighted by molar-refractivity contribution is 6.35. The Morgan fingerprint density at radius 1 is 0.926 bits per heavy atom. The smallest absolute Gasteiger partial charge is 0.406 e. The molecule has 0 unspecified atom stereocenters. The van der Waals surface area contributed by atoms with Crippen LogP contribution in [0.3, 0.4) is 0 Å². The normalized spacial score (nSPS) is 12.3. The van der Waals surface area contributed by atoms with Gasteiger partial charge >= 0.3 is 12.5 Å². The Bertz CT molecular complexity index is 970. The summed E-state index contributed by atoms with van der Waals surface area (Å²) >= 11 is 5.96. The summed E-state index contributed by atoms with van der Waals surface area (Å²) in [5.74, 6) is -0.452. The minimum atomic E-state index is -4.84. The van der Waals surface area contributed by atoms with Crippen molar-refractivity contribution in [3.63, 3.8) is 0 Å². The molecule has 1 heterocycles. The number of rotatable bonds is 3.